The van der Waals surface area contributed by atoms with Crippen molar-refractivity contribution in [1.82, 2.24) is 0 Å². The third kappa shape index (κ3) is 4.25. The average molecular weight is 195 g/mol. The lowest BCUT2D eigenvalue weighted by molar-refractivity contribution is 0.175. The summed E-state index contributed by atoms with van der Waals surface area (Å²) >= 11 is 0. The molecule has 1 aromatic rings. The second-order valence-corrected chi connectivity index (χ2v) is 3.17. The first-order chi connectivity index (χ1) is 6.83. The van der Waals surface area contributed by atoms with E-state index in [0.29, 0.717) is 13.2 Å². The molecular formula is C11H17NO2. The zero-order valence-corrected chi connectivity index (χ0v) is 8.48. The highest BCUT2D eigenvalue weighted by Crippen LogP contribution is 2.08. The van der Waals surface area contributed by atoms with Crippen LogP contribution in [0.4, 0.5) is 0 Å². The van der Waals surface area contributed by atoms with Crippen molar-refractivity contribution in [3.05, 3.63) is 30.3 Å². The number of ether oxygens (including phenoxy) is 2. The molecule has 0 saturated heterocycles. The molecule has 0 aliphatic carbocycles. The Morgan fingerprint density at radius 1 is 1.29 bits per heavy atom. The second kappa shape index (κ2) is 6.40. The summed E-state index contributed by atoms with van der Waals surface area (Å²) in [5, 5.41) is 0. The van der Waals surface area contributed by atoms with Gasteiger partial charge < -0.3 is 15.2 Å². The lowest BCUT2D eigenvalue weighted by atomic mass is 10.2. The topological polar surface area (TPSA) is 44.5 Å². The molecule has 0 aliphatic heterocycles. The van der Waals surface area contributed by atoms with Crippen LogP contribution in [0.1, 0.15) is 6.42 Å². The van der Waals surface area contributed by atoms with Gasteiger partial charge in [0.15, 0.2) is 0 Å². The molecule has 0 aromatic heterocycles. The normalized spacial score (nSPS) is 12.4. The summed E-state index contributed by atoms with van der Waals surface area (Å²) in [6.45, 7) is 1.21. The van der Waals surface area contributed by atoms with Gasteiger partial charge in [0.25, 0.3) is 0 Å². The number of methoxy groups -OCH3 is 1. The van der Waals surface area contributed by atoms with Gasteiger partial charge in [-0.3, -0.25) is 0 Å². The summed E-state index contributed by atoms with van der Waals surface area (Å²) in [5.74, 6) is 0.861. The fraction of sp³-hybridized carbons (Fsp3) is 0.455. The van der Waals surface area contributed by atoms with E-state index in [1.807, 2.05) is 30.3 Å². The van der Waals surface area contributed by atoms with Crippen molar-refractivity contribution in [1.29, 1.82) is 0 Å². The Kier molecular flexibility index (Phi) is 5.04. The molecule has 0 saturated carbocycles. The lowest BCUT2D eigenvalue weighted by Crippen LogP contribution is -2.29. The zero-order chi connectivity index (χ0) is 10.2. The van der Waals surface area contributed by atoms with Crippen molar-refractivity contribution in [2.45, 2.75) is 12.5 Å². The molecule has 3 nitrogen and oxygen atoms in total. The Hall–Kier alpha value is -1.06. The van der Waals surface area contributed by atoms with Gasteiger partial charge in [-0.05, 0) is 18.6 Å². The first-order valence-corrected chi connectivity index (χ1v) is 4.75. The van der Waals surface area contributed by atoms with Gasteiger partial charge >= 0.3 is 0 Å². The third-order valence-electron chi connectivity index (χ3n) is 1.90. The lowest BCUT2D eigenvalue weighted by Gasteiger charge is -2.12. The number of nitrogens with two attached hydrogens (primary N) is 1. The maximum atomic E-state index is 5.80. The van der Waals surface area contributed by atoms with Gasteiger partial charge in [-0.2, -0.15) is 0 Å². The minimum Gasteiger partial charge on any atom is -0.492 e. The van der Waals surface area contributed by atoms with E-state index in [2.05, 4.69) is 0 Å². The van der Waals surface area contributed by atoms with Crippen LogP contribution in [0, 0.1) is 0 Å². The molecule has 1 unspecified atom stereocenters. The van der Waals surface area contributed by atoms with Crippen LogP contribution in [0.5, 0.6) is 5.75 Å². The summed E-state index contributed by atoms with van der Waals surface area (Å²) in [6, 6.07) is 9.71. The Balaban J connectivity index is 2.20. The highest BCUT2D eigenvalue weighted by Gasteiger charge is 2.02. The van der Waals surface area contributed by atoms with Crippen LogP contribution in [0.3, 0.4) is 0 Å². The van der Waals surface area contributed by atoms with Gasteiger partial charge in [-0.25, -0.2) is 0 Å². The molecule has 1 atom stereocenters. The molecule has 0 aliphatic rings. The van der Waals surface area contributed by atoms with Gasteiger partial charge in [-0.1, -0.05) is 18.2 Å². The van der Waals surface area contributed by atoms with Gasteiger partial charge in [-0.15, -0.1) is 0 Å². The molecule has 3 heteroatoms. The monoisotopic (exact) mass is 195 g/mol. The van der Waals surface area contributed by atoms with Crippen LogP contribution in [0.25, 0.3) is 0 Å². The van der Waals surface area contributed by atoms with E-state index in [9.17, 15) is 0 Å². The van der Waals surface area contributed by atoms with Crippen molar-refractivity contribution >= 4 is 0 Å². The Labute approximate surface area is 84.8 Å². The van der Waals surface area contributed by atoms with E-state index in [1.54, 1.807) is 7.11 Å². The summed E-state index contributed by atoms with van der Waals surface area (Å²) in [6.07, 6.45) is 0.823. The first-order valence-electron chi connectivity index (χ1n) is 4.75. The second-order valence-electron chi connectivity index (χ2n) is 3.17. The van der Waals surface area contributed by atoms with Crippen LogP contribution in [0.15, 0.2) is 30.3 Å². The largest absolute Gasteiger partial charge is 0.492 e. The minimum atomic E-state index is 0.0372. The highest BCUT2D eigenvalue weighted by atomic mass is 16.5. The summed E-state index contributed by atoms with van der Waals surface area (Å²) < 4.78 is 10.4. The zero-order valence-electron chi connectivity index (χ0n) is 8.48. The van der Waals surface area contributed by atoms with Crippen LogP contribution >= 0.6 is 0 Å². The molecule has 78 valence electrons. The van der Waals surface area contributed by atoms with Gasteiger partial charge in [0.2, 0.25) is 0 Å². The average Bonchev–Trinajstić information content (AvgIpc) is 2.25. The van der Waals surface area contributed by atoms with Crippen molar-refractivity contribution in [3.63, 3.8) is 0 Å². The van der Waals surface area contributed by atoms with Crippen LogP contribution in [-0.2, 0) is 4.74 Å². The standard InChI is InChI=1S/C11H17NO2/c1-13-8-7-10(12)9-14-11-5-3-2-4-6-11/h2-6,10H,7-9,12H2,1H3. The maximum absolute atomic E-state index is 5.80. The van der Waals surface area contributed by atoms with E-state index in [-0.39, 0.29) is 6.04 Å². The summed E-state index contributed by atoms with van der Waals surface area (Å²) in [7, 11) is 1.67. The minimum absolute atomic E-state index is 0.0372. The fourth-order valence-electron chi connectivity index (χ4n) is 1.07. The maximum Gasteiger partial charge on any atom is 0.119 e. The Bertz CT molecular complexity index is 238. The van der Waals surface area contributed by atoms with Gasteiger partial charge in [0, 0.05) is 19.8 Å². The molecule has 1 rings (SSSR count). The quantitative estimate of drug-likeness (QED) is 0.746. The van der Waals surface area contributed by atoms with Crippen LogP contribution in [0.2, 0.25) is 0 Å². The summed E-state index contributed by atoms with van der Waals surface area (Å²) in [5.41, 5.74) is 5.80. The Morgan fingerprint density at radius 3 is 2.64 bits per heavy atom. The summed E-state index contributed by atoms with van der Waals surface area (Å²) in [4.78, 5) is 0. The van der Waals surface area contributed by atoms with Crippen molar-refractivity contribution < 1.29 is 9.47 Å². The molecule has 1 aromatic carbocycles. The number of rotatable bonds is 6. The van der Waals surface area contributed by atoms with Crippen molar-refractivity contribution in [2.75, 3.05) is 20.3 Å². The molecule has 0 bridgehead atoms. The number of para-hydroxylation sites is 1. The molecular weight excluding hydrogens is 178 g/mol. The molecule has 2 N–H and O–H groups in total. The smallest absolute Gasteiger partial charge is 0.119 e. The van der Waals surface area contributed by atoms with Gasteiger partial charge in [0.1, 0.15) is 12.4 Å². The molecule has 0 radical (unpaired) electrons. The number of hydrogen-bond acceptors (Lipinski definition) is 3. The van der Waals surface area contributed by atoms with E-state index in [1.165, 1.54) is 0 Å². The number of hydrogen-bond donors (Lipinski definition) is 1. The van der Waals surface area contributed by atoms with Crippen LogP contribution < -0.4 is 10.5 Å². The first kappa shape index (κ1) is 11.0. The van der Waals surface area contributed by atoms with Crippen molar-refractivity contribution in [2.24, 2.45) is 5.73 Å². The Morgan fingerprint density at radius 2 is 2.00 bits per heavy atom. The predicted octanol–water partition coefficient (Wildman–Crippen LogP) is 1.43. The third-order valence-corrected chi connectivity index (χ3v) is 1.90. The molecule has 0 fully saturated rings. The predicted molar refractivity (Wildman–Crippen MR) is 56.4 cm³/mol. The van der Waals surface area contributed by atoms with E-state index in [0.717, 1.165) is 12.2 Å². The fourth-order valence-corrected chi connectivity index (χ4v) is 1.07. The molecule has 14 heavy (non-hydrogen) atoms. The van der Waals surface area contributed by atoms with Crippen LogP contribution in [-0.4, -0.2) is 26.4 Å². The molecule has 0 amide bonds. The van der Waals surface area contributed by atoms with E-state index >= 15 is 0 Å². The molecule has 0 spiro atoms. The van der Waals surface area contributed by atoms with Gasteiger partial charge in [0.05, 0.1) is 0 Å². The number of benzene rings is 1. The van der Waals surface area contributed by atoms with Crippen molar-refractivity contribution in [3.8, 4) is 5.75 Å². The molecule has 0 heterocycles. The van der Waals surface area contributed by atoms with E-state index < -0.39 is 0 Å². The van der Waals surface area contributed by atoms with E-state index in [4.69, 9.17) is 15.2 Å². The highest BCUT2D eigenvalue weighted by molar-refractivity contribution is 5.20. The SMILES string of the molecule is COCCC(N)COc1ccccc1.